The molecule has 0 aliphatic heterocycles. The van der Waals surface area contributed by atoms with Crippen molar-refractivity contribution in [2.75, 3.05) is 12.4 Å². The maximum absolute atomic E-state index is 5.83. The van der Waals surface area contributed by atoms with Crippen molar-refractivity contribution >= 4 is 16.9 Å². The minimum Gasteiger partial charge on any atom is -0.468 e. The van der Waals surface area contributed by atoms with Gasteiger partial charge in [-0.25, -0.2) is 4.57 Å². The van der Waals surface area contributed by atoms with Crippen LogP contribution in [0.25, 0.3) is 17.0 Å². The molecule has 0 unspecified atom stereocenters. The monoisotopic (exact) mass is 361 g/mol. The number of nitrogens with one attached hydrogen (secondary N) is 1. The highest BCUT2D eigenvalue weighted by atomic mass is 16.5. The van der Waals surface area contributed by atoms with Gasteiger partial charge in [0.1, 0.15) is 0 Å². The van der Waals surface area contributed by atoms with Crippen molar-refractivity contribution in [3.05, 3.63) is 65.9 Å². The van der Waals surface area contributed by atoms with E-state index in [-0.39, 0.29) is 0 Å². The first kappa shape index (κ1) is 16.9. The van der Waals surface area contributed by atoms with Crippen molar-refractivity contribution in [3.8, 4) is 12.0 Å². The summed E-state index contributed by atoms with van der Waals surface area (Å²) in [4.78, 5) is 9.11. The van der Waals surface area contributed by atoms with Gasteiger partial charge in [0, 0.05) is 13.1 Å². The summed E-state index contributed by atoms with van der Waals surface area (Å²) in [7, 11) is 1.56. The third kappa shape index (κ3) is 3.30. The number of ether oxygens (including phenoxy) is 1. The van der Waals surface area contributed by atoms with E-state index in [1.54, 1.807) is 17.9 Å². The summed E-state index contributed by atoms with van der Waals surface area (Å²) >= 11 is 0. The minimum atomic E-state index is 0.376. The van der Waals surface area contributed by atoms with Crippen LogP contribution in [0.2, 0.25) is 0 Å². The highest BCUT2D eigenvalue weighted by Crippen LogP contribution is 2.26. The SMILES string of the molecule is COc1nc2c(CN)cccc2n1-c1nncc(NCc2ccccc2)n1. The van der Waals surface area contributed by atoms with Crippen LogP contribution in [0, 0.1) is 0 Å². The number of benzene rings is 2. The molecule has 2 heterocycles. The van der Waals surface area contributed by atoms with Crippen LogP contribution >= 0.6 is 0 Å². The zero-order valence-electron chi connectivity index (χ0n) is 14.8. The topological polar surface area (TPSA) is 104 Å². The zero-order valence-corrected chi connectivity index (χ0v) is 14.8. The molecule has 8 nitrogen and oxygen atoms in total. The van der Waals surface area contributed by atoms with Crippen molar-refractivity contribution in [3.63, 3.8) is 0 Å². The summed E-state index contributed by atoms with van der Waals surface area (Å²) in [6.45, 7) is 1.02. The zero-order chi connectivity index (χ0) is 18.6. The standard InChI is InChI=1S/C19H19N7O/c1-27-19-24-17-14(10-20)8-5-9-15(17)26(19)18-23-16(12-22-25-18)21-11-13-6-3-2-4-7-13/h2-9,12H,10-11,20H2,1H3,(H,21,23,25). The second-order valence-corrected chi connectivity index (χ2v) is 5.90. The number of nitrogens with two attached hydrogens (primary N) is 1. The number of fused-ring (bicyclic) bond motifs is 1. The summed E-state index contributed by atoms with van der Waals surface area (Å²) < 4.78 is 7.17. The van der Waals surface area contributed by atoms with Gasteiger partial charge in [0.15, 0.2) is 5.82 Å². The molecule has 0 amide bonds. The summed E-state index contributed by atoms with van der Waals surface area (Å²) in [6, 6.07) is 16.2. The molecule has 0 atom stereocenters. The second kappa shape index (κ2) is 7.38. The number of aromatic nitrogens is 5. The van der Waals surface area contributed by atoms with Crippen LogP contribution < -0.4 is 15.8 Å². The number of anilines is 1. The normalized spacial score (nSPS) is 10.9. The quantitative estimate of drug-likeness (QED) is 0.543. The molecular weight excluding hydrogens is 342 g/mol. The predicted octanol–water partition coefficient (Wildman–Crippen LogP) is 2.29. The fourth-order valence-corrected chi connectivity index (χ4v) is 2.89. The molecular formula is C19H19N7O. The van der Waals surface area contributed by atoms with E-state index >= 15 is 0 Å². The van der Waals surface area contributed by atoms with Gasteiger partial charge in [0.25, 0.3) is 5.95 Å². The van der Waals surface area contributed by atoms with Crippen LogP contribution in [0.3, 0.4) is 0 Å². The Bertz CT molecular complexity index is 1060. The average Bonchev–Trinajstić information content (AvgIpc) is 3.12. The Labute approximate surface area is 156 Å². The van der Waals surface area contributed by atoms with Gasteiger partial charge in [-0.15, -0.1) is 5.10 Å². The predicted molar refractivity (Wildman–Crippen MR) is 103 cm³/mol. The molecule has 0 spiro atoms. The third-order valence-electron chi connectivity index (χ3n) is 4.20. The molecule has 0 bridgehead atoms. The number of rotatable bonds is 6. The lowest BCUT2D eigenvalue weighted by Gasteiger charge is -2.08. The largest absolute Gasteiger partial charge is 0.468 e. The van der Waals surface area contributed by atoms with Crippen molar-refractivity contribution in [2.45, 2.75) is 13.1 Å². The summed E-state index contributed by atoms with van der Waals surface area (Å²) in [5.41, 5.74) is 9.49. The van der Waals surface area contributed by atoms with E-state index in [4.69, 9.17) is 10.5 Å². The Morgan fingerprint density at radius 2 is 1.93 bits per heavy atom. The van der Waals surface area contributed by atoms with Gasteiger partial charge in [-0.05, 0) is 17.2 Å². The lowest BCUT2D eigenvalue weighted by Crippen LogP contribution is -2.08. The maximum Gasteiger partial charge on any atom is 0.304 e. The lowest BCUT2D eigenvalue weighted by molar-refractivity contribution is 0.373. The first-order chi connectivity index (χ1) is 13.3. The van der Waals surface area contributed by atoms with Gasteiger partial charge in [-0.3, -0.25) is 0 Å². The number of methoxy groups -OCH3 is 1. The highest BCUT2D eigenvalue weighted by molar-refractivity contribution is 5.81. The average molecular weight is 361 g/mol. The Balaban J connectivity index is 1.71. The highest BCUT2D eigenvalue weighted by Gasteiger charge is 2.17. The lowest BCUT2D eigenvalue weighted by atomic mass is 10.2. The van der Waals surface area contributed by atoms with Crippen molar-refractivity contribution in [1.29, 1.82) is 0 Å². The fourth-order valence-electron chi connectivity index (χ4n) is 2.89. The molecule has 0 aliphatic carbocycles. The van der Waals surface area contributed by atoms with Crippen LogP contribution in [0.1, 0.15) is 11.1 Å². The Morgan fingerprint density at radius 3 is 2.70 bits per heavy atom. The van der Waals surface area contributed by atoms with Crippen LogP contribution in [0.4, 0.5) is 5.82 Å². The number of para-hydroxylation sites is 1. The van der Waals surface area contributed by atoms with Gasteiger partial charge < -0.3 is 15.8 Å². The van der Waals surface area contributed by atoms with E-state index in [0.29, 0.717) is 30.9 Å². The van der Waals surface area contributed by atoms with E-state index in [2.05, 4.69) is 25.5 Å². The van der Waals surface area contributed by atoms with Crippen molar-refractivity contribution < 1.29 is 4.74 Å². The third-order valence-corrected chi connectivity index (χ3v) is 4.20. The molecule has 0 saturated heterocycles. The fraction of sp³-hybridized carbons (Fsp3) is 0.158. The first-order valence-electron chi connectivity index (χ1n) is 8.52. The first-order valence-corrected chi connectivity index (χ1v) is 8.52. The molecule has 136 valence electrons. The van der Waals surface area contributed by atoms with E-state index in [1.807, 2.05) is 48.5 Å². The maximum atomic E-state index is 5.83. The molecule has 2 aromatic heterocycles. The summed E-state index contributed by atoms with van der Waals surface area (Å²) in [5.74, 6) is 0.990. The second-order valence-electron chi connectivity index (χ2n) is 5.90. The van der Waals surface area contributed by atoms with E-state index in [0.717, 1.165) is 22.2 Å². The van der Waals surface area contributed by atoms with E-state index in [9.17, 15) is 0 Å². The van der Waals surface area contributed by atoms with Crippen LogP contribution in [0.15, 0.2) is 54.7 Å². The molecule has 0 saturated carbocycles. The van der Waals surface area contributed by atoms with Crippen molar-refractivity contribution in [2.24, 2.45) is 5.73 Å². The van der Waals surface area contributed by atoms with Gasteiger partial charge in [-0.2, -0.15) is 15.1 Å². The minimum absolute atomic E-state index is 0.376. The number of hydrogen-bond acceptors (Lipinski definition) is 7. The van der Waals surface area contributed by atoms with Gasteiger partial charge in [0.2, 0.25) is 0 Å². The van der Waals surface area contributed by atoms with Crippen LogP contribution in [0.5, 0.6) is 6.01 Å². The summed E-state index contributed by atoms with van der Waals surface area (Å²) in [6.07, 6.45) is 1.59. The molecule has 4 aromatic rings. The van der Waals surface area contributed by atoms with Gasteiger partial charge in [0.05, 0.1) is 24.3 Å². The number of nitrogens with zero attached hydrogens (tertiary/aromatic N) is 5. The van der Waals surface area contributed by atoms with Crippen LogP contribution in [-0.4, -0.2) is 31.8 Å². The Morgan fingerprint density at radius 1 is 1.07 bits per heavy atom. The van der Waals surface area contributed by atoms with E-state index < -0.39 is 0 Å². The molecule has 27 heavy (non-hydrogen) atoms. The molecule has 0 aliphatic rings. The molecule has 8 heteroatoms. The number of imidazole rings is 1. The Kier molecular flexibility index (Phi) is 4.63. The molecule has 4 rings (SSSR count). The Hall–Kier alpha value is -3.52. The summed E-state index contributed by atoms with van der Waals surface area (Å²) in [5, 5.41) is 11.5. The molecule has 2 aromatic carbocycles. The van der Waals surface area contributed by atoms with Gasteiger partial charge in [-0.1, -0.05) is 42.5 Å². The van der Waals surface area contributed by atoms with E-state index in [1.165, 1.54) is 0 Å². The van der Waals surface area contributed by atoms with Gasteiger partial charge >= 0.3 is 6.01 Å². The molecule has 0 fully saturated rings. The van der Waals surface area contributed by atoms with Crippen molar-refractivity contribution in [1.82, 2.24) is 24.7 Å². The number of hydrogen-bond donors (Lipinski definition) is 2. The molecule has 0 radical (unpaired) electrons. The smallest absolute Gasteiger partial charge is 0.304 e. The molecule has 3 N–H and O–H groups in total. The van der Waals surface area contributed by atoms with Crippen LogP contribution in [-0.2, 0) is 13.1 Å².